The third-order valence-electron chi connectivity index (χ3n) is 5.54. The minimum Gasteiger partial charge on any atom is -0.458 e. The number of H-pyrrole nitrogens is 1. The van der Waals surface area contributed by atoms with Crippen LogP contribution < -0.4 is 0 Å². The van der Waals surface area contributed by atoms with Gasteiger partial charge in [0, 0.05) is 17.7 Å². The number of hydrogen-bond donors (Lipinski definition) is 1. The monoisotopic (exact) mass is 337 g/mol. The average molecular weight is 337 g/mol. The van der Waals surface area contributed by atoms with Crippen LogP contribution in [0.4, 0.5) is 0 Å². The average Bonchev–Trinajstić information content (AvgIpc) is 3.23. The van der Waals surface area contributed by atoms with E-state index in [4.69, 9.17) is 4.74 Å². The molecule has 0 radical (unpaired) electrons. The molecule has 1 aromatic heterocycles. The van der Waals surface area contributed by atoms with Crippen molar-refractivity contribution in [2.75, 3.05) is 0 Å². The normalized spacial score (nSPS) is 20.5. The summed E-state index contributed by atoms with van der Waals surface area (Å²) in [6.07, 6.45) is 5.40. The molecule has 0 aliphatic heterocycles. The number of hydrogen-bond acceptors (Lipinski definition) is 3. The van der Waals surface area contributed by atoms with Crippen molar-refractivity contribution in [3.05, 3.63) is 58.4 Å². The van der Waals surface area contributed by atoms with Gasteiger partial charge in [-0.3, -0.25) is 4.79 Å². The van der Waals surface area contributed by atoms with Crippen LogP contribution in [0.15, 0.2) is 30.3 Å². The summed E-state index contributed by atoms with van der Waals surface area (Å²) >= 11 is 0. The van der Waals surface area contributed by atoms with E-state index in [2.05, 4.69) is 17.1 Å². The molecular formula is C21H23NO3. The second-order valence-corrected chi connectivity index (χ2v) is 7.23. The molecule has 0 bridgehead atoms. The van der Waals surface area contributed by atoms with Crippen LogP contribution in [0.5, 0.6) is 0 Å². The third-order valence-corrected chi connectivity index (χ3v) is 5.54. The molecule has 0 amide bonds. The zero-order chi connectivity index (χ0) is 17.4. The number of benzene rings is 1. The van der Waals surface area contributed by atoms with Crippen molar-refractivity contribution in [2.45, 2.75) is 57.5 Å². The lowest BCUT2D eigenvalue weighted by molar-refractivity contribution is 0.0310. The molecule has 25 heavy (non-hydrogen) atoms. The number of esters is 1. The van der Waals surface area contributed by atoms with Crippen LogP contribution in [-0.2, 0) is 11.2 Å². The van der Waals surface area contributed by atoms with E-state index in [1.807, 2.05) is 25.1 Å². The molecule has 1 atom stereocenters. The maximum absolute atomic E-state index is 12.7. The van der Waals surface area contributed by atoms with Crippen LogP contribution in [0, 0.1) is 6.92 Å². The molecule has 1 fully saturated rings. The number of ketones is 1. The van der Waals surface area contributed by atoms with Gasteiger partial charge >= 0.3 is 5.97 Å². The summed E-state index contributed by atoms with van der Waals surface area (Å²) in [4.78, 5) is 28.4. The maximum atomic E-state index is 12.7. The van der Waals surface area contributed by atoms with Crippen LogP contribution in [0.3, 0.4) is 0 Å². The number of rotatable bonds is 3. The van der Waals surface area contributed by atoms with Gasteiger partial charge in [-0.25, -0.2) is 4.79 Å². The van der Waals surface area contributed by atoms with Gasteiger partial charge in [-0.1, -0.05) is 30.3 Å². The number of nitrogens with one attached hydrogen (secondary N) is 1. The van der Waals surface area contributed by atoms with Crippen LogP contribution >= 0.6 is 0 Å². The van der Waals surface area contributed by atoms with E-state index in [0.717, 1.165) is 43.4 Å². The number of carbonyl (C=O) groups excluding carboxylic acids is 2. The maximum Gasteiger partial charge on any atom is 0.355 e. The molecule has 0 spiro atoms. The Morgan fingerprint density at radius 1 is 1.12 bits per heavy atom. The molecular weight excluding hydrogens is 314 g/mol. The molecule has 4 nitrogen and oxygen atoms in total. The fourth-order valence-electron chi connectivity index (χ4n) is 4.21. The lowest BCUT2D eigenvalue weighted by atomic mass is 9.81. The number of Topliss-reactive ketones (excluding diaryl/α,β-unsaturated/α-hetero) is 1. The highest BCUT2D eigenvalue weighted by Gasteiger charge is 2.33. The van der Waals surface area contributed by atoms with Crippen LogP contribution in [0.2, 0.25) is 0 Å². The molecule has 0 saturated heterocycles. The van der Waals surface area contributed by atoms with Crippen molar-refractivity contribution < 1.29 is 14.3 Å². The number of ether oxygens (including phenoxy) is 1. The van der Waals surface area contributed by atoms with Crippen molar-refractivity contribution in [3.63, 3.8) is 0 Å². The quantitative estimate of drug-likeness (QED) is 0.848. The second-order valence-electron chi connectivity index (χ2n) is 7.23. The second kappa shape index (κ2) is 6.51. The van der Waals surface area contributed by atoms with E-state index in [9.17, 15) is 9.59 Å². The standard InChI is InChI=1S/C21H23NO3/c1-13-19-17(22-20(13)21(24)25-16-9-5-6-10-16)11-15(12-18(19)23)14-7-3-2-4-8-14/h2-4,7-8,15-16,22H,5-6,9-12H2,1H3/t15-/m0/s1. The molecule has 1 heterocycles. The summed E-state index contributed by atoms with van der Waals surface area (Å²) in [5, 5.41) is 0. The van der Waals surface area contributed by atoms with Crippen LogP contribution in [0.25, 0.3) is 0 Å². The number of aromatic amines is 1. The summed E-state index contributed by atoms with van der Waals surface area (Å²) in [6.45, 7) is 1.85. The lowest BCUT2D eigenvalue weighted by Gasteiger charge is -2.22. The van der Waals surface area contributed by atoms with E-state index in [1.54, 1.807) is 0 Å². The van der Waals surface area contributed by atoms with Crippen LogP contribution in [-0.4, -0.2) is 22.8 Å². The third kappa shape index (κ3) is 3.01. The number of fused-ring (bicyclic) bond motifs is 1. The Bertz CT molecular complexity index is 800. The first-order valence-corrected chi connectivity index (χ1v) is 9.14. The van der Waals surface area contributed by atoms with Gasteiger partial charge in [0.1, 0.15) is 11.8 Å². The lowest BCUT2D eigenvalue weighted by Crippen LogP contribution is -2.18. The highest BCUT2D eigenvalue weighted by Crippen LogP contribution is 2.35. The van der Waals surface area contributed by atoms with E-state index in [-0.39, 0.29) is 23.8 Å². The van der Waals surface area contributed by atoms with Crippen molar-refractivity contribution in [2.24, 2.45) is 0 Å². The smallest absolute Gasteiger partial charge is 0.355 e. The Labute approximate surface area is 147 Å². The van der Waals surface area contributed by atoms with Gasteiger partial charge in [-0.2, -0.15) is 0 Å². The highest BCUT2D eigenvalue weighted by atomic mass is 16.5. The first-order chi connectivity index (χ1) is 12.1. The summed E-state index contributed by atoms with van der Waals surface area (Å²) in [7, 11) is 0. The Morgan fingerprint density at radius 3 is 2.56 bits per heavy atom. The van der Waals surface area contributed by atoms with Gasteiger partial charge in [-0.15, -0.1) is 0 Å². The van der Waals surface area contributed by atoms with E-state index >= 15 is 0 Å². The van der Waals surface area contributed by atoms with Crippen molar-refractivity contribution in [3.8, 4) is 0 Å². The predicted octanol–water partition coefficient (Wildman–Crippen LogP) is 4.34. The highest BCUT2D eigenvalue weighted by molar-refractivity contribution is 6.03. The number of carbonyl (C=O) groups is 2. The minimum atomic E-state index is -0.317. The molecule has 1 aromatic carbocycles. The Kier molecular flexibility index (Phi) is 4.20. The van der Waals surface area contributed by atoms with Gasteiger partial charge in [0.2, 0.25) is 0 Å². The van der Waals surface area contributed by atoms with E-state index in [1.165, 1.54) is 5.56 Å². The van der Waals surface area contributed by atoms with Gasteiger partial charge in [0.15, 0.2) is 5.78 Å². The summed E-state index contributed by atoms with van der Waals surface area (Å²) in [6, 6.07) is 10.1. The van der Waals surface area contributed by atoms with Crippen molar-refractivity contribution in [1.82, 2.24) is 4.98 Å². The Balaban J connectivity index is 1.60. The molecule has 2 aromatic rings. The topological polar surface area (TPSA) is 59.2 Å². The van der Waals surface area contributed by atoms with Gasteiger partial charge < -0.3 is 9.72 Å². The Morgan fingerprint density at radius 2 is 1.84 bits per heavy atom. The molecule has 1 saturated carbocycles. The first-order valence-electron chi connectivity index (χ1n) is 9.14. The largest absolute Gasteiger partial charge is 0.458 e. The van der Waals surface area contributed by atoms with E-state index < -0.39 is 0 Å². The molecule has 2 aliphatic rings. The number of aromatic nitrogens is 1. The van der Waals surface area contributed by atoms with E-state index in [0.29, 0.717) is 17.7 Å². The molecule has 0 unspecified atom stereocenters. The molecule has 4 rings (SSSR count). The van der Waals surface area contributed by atoms with Crippen molar-refractivity contribution in [1.29, 1.82) is 0 Å². The molecule has 1 N–H and O–H groups in total. The predicted molar refractivity (Wildman–Crippen MR) is 95.0 cm³/mol. The fraction of sp³-hybridized carbons (Fsp3) is 0.429. The molecule has 4 heteroatoms. The van der Waals surface area contributed by atoms with Gasteiger partial charge in [0.05, 0.1) is 0 Å². The zero-order valence-electron chi connectivity index (χ0n) is 14.5. The summed E-state index contributed by atoms with van der Waals surface area (Å²) < 4.78 is 5.62. The van der Waals surface area contributed by atoms with Crippen molar-refractivity contribution >= 4 is 11.8 Å². The minimum absolute atomic E-state index is 0.0278. The van der Waals surface area contributed by atoms with Gasteiger partial charge in [0.25, 0.3) is 0 Å². The molecule has 130 valence electrons. The van der Waals surface area contributed by atoms with Gasteiger partial charge in [-0.05, 0) is 56.1 Å². The SMILES string of the molecule is Cc1c(C(=O)OC2CCCC2)[nH]c2c1C(=O)C[C@@H](c1ccccc1)C2. The van der Waals surface area contributed by atoms with Crippen LogP contribution in [0.1, 0.15) is 75.7 Å². The summed E-state index contributed by atoms with van der Waals surface area (Å²) in [5.74, 6) is -0.0374. The first kappa shape index (κ1) is 16.1. The fourth-order valence-corrected chi connectivity index (χ4v) is 4.21. The molecule has 2 aliphatic carbocycles. The summed E-state index contributed by atoms with van der Waals surface area (Å²) in [5.41, 5.74) is 3.95. The zero-order valence-corrected chi connectivity index (χ0v) is 14.5. The Hall–Kier alpha value is -2.36.